The van der Waals surface area contributed by atoms with Crippen molar-refractivity contribution in [1.29, 1.82) is 0 Å². The molecule has 0 aromatic heterocycles. The molecule has 0 spiro atoms. The van der Waals surface area contributed by atoms with Crippen LogP contribution < -0.4 is 5.32 Å². The highest BCUT2D eigenvalue weighted by Gasteiger charge is 2.54. The van der Waals surface area contributed by atoms with Gasteiger partial charge in [0.1, 0.15) is 19.7 Å². The maximum Gasteiger partial charge on any atom is 0.469 e. The summed E-state index contributed by atoms with van der Waals surface area (Å²) in [5.41, 5.74) is -12.6. The Bertz CT molecular complexity index is 695. The summed E-state index contributed by atoms with van der Waals surface area (Å²) in [4.78, 5) is 11.6. The first-order valence-electron chi connectivity index (χ1n) is 7.46. The van der Waals surface area contributed by atoms with Crippen molar-refractivity contribution in [2.75, 3.05) is 0 Å². The molecule has 1 fully saturated rings. The van der Waals surface area contributed by atoms with E-state index < -0.39 is 53.9 Å². The molecule has 1 saturated carbocycles. The Labute approximate surface area is 151 Å². The molecule has 0 aliphatic heterocycles. The number of carbonyl (C=O) groups is 1. The number of carbonyl (C=O) groups excluding carboxylic acids is 1. The Kier molecular flexibility index (Phi) is 7.06. The highest BCUT2D eigenvalue weighted by atomic mass is 32.3. The molecule has 0 radical (unpaired) electrons. The summed E-state index contributed by atoms with van der Waals surface area (Å²) >= 11 is 0. The first-order valence-corrected chi connectivity index (χ1v) is 10.4. The van der Waals surface area contributed by atoms with Crippen LogP contribution in [0.2, 0.25) is 0 Å². The molecular weight excluding hydrogens is 432 g/mol. The van der Waals surface area contributed by atoms with Gasteiger partial charge in [-0.05, 0) is 19.8 Å². The van der Waals surface area contributed by atoms with Gasteiger partial charge >= 0.3 is 17.1 Å². The van der Waals surface area contributed by atoms with Crippen molar-refractivity contribution >= 4 is 25.8 Å². The lowest BCUT2D eigenvalue weighted by molar-refractivity contribution is -0.0458. The molecule has 0 saturated heterocycles. The van der Waals surface area contributed by atoms with E-state index in [-0.39, 0.29) is 6.04 Å². The molecule has 1 N–H and O–H groups in total. The van der Waals surface area contributed by atoms with Crippen LogP contribution in [0.5, 0.6) is 0 Å². The van der Waals surface area contributed by atoms with Gasteiger partial charge in [0.25, 0.3) is 0 Å². The summed E-state index contributed by atoms with van der Waals surface area (Å²) < 4.78 is 123. The van der Waals surface area contributed by atoms with Crippen LogP contribution in [0.15, 0.2) is 0 Å². The summed E-state index contributed by atoms with van der Waals surface area (Å²) in [6, 6.07) is -0.300. The molecule has 7 nitrogen and oxygen atoms in total. The second-order valence-corrected chi connectivity index (χ2v) is 10.00. The van der Waals surface area contributed by atoms with Gasteiger partial charge in [-0.3, -0.25) is 16.8 Å². The number of halogens is 6. The van der Waals surface area contributed by atoms with E-state index in [1.807, 2.05) is 0 Å². The van der Waals surface area contributed by atoms with E-state index >= 15 is 0 Å². The second-order valence-electron chi connectivity index (χ2n) is 5.82. The van der Waals surface area contributed by atoms with Crippen LogP contribution in [0, 0.1) is 4.58 Å². The molecule has 1 aliphatic carbocycles. The van der Waals surface area contributed by atoms with E-state index in [0.717, 1.165) is 19.8 Å². The average molecular weight is 448 g/mol. The fourth-order valence-corrected chi connectivity index (χ4v) is 5.50. The average Bonchev–Trinajstić information content (AvgIpc) is 2.94. The van der Waals surface area contributed by atoms with Gasteiger partial charge in [0.05, 0.1) is 6.10 Å². The van der Waals surface area contributed by atoms with Crippen LogP contribution >= 0.6 is 0 Å². The lowest BCUT2D eigenvalue weighted by atomic mass is 10.2. The SMILES string of the molecule is CC(C[C-](S(=O)(=O)C(F)(F)F)S(=O)(=O)C(F)(F)F)OC(=O)NC1CCCC1. The van der Waals surface area contributed by atoms with Crippen molar-refractivity contribution < 1.29 is 52.7 Å². The van der Waals surface area contributed by atoms with Crippen molar-refractivity contribution in [2.45, 2.75) is 62.2 Å². The van der Waals surface area contributed by atoms with Gasteiger partial charge in [-0.2, -0.15) is 26.3 Å². The van der Waals surface area contributed by atoms with Gasteiger partial charge in [-0.15, -0.1) is 6.42 Å². The predicted molar refractivity (Wildman–Crippen MR) is 79.1 cm³/mol. The number of amides is 1. The molecule has 0 aromatic rings. The summed E-state index contributed by atoms with van der Waals surface area (Å²) in [5.74, 6) is 0. The number of ether oxygens (including phenoxy) is 1. The maximum absolute atomic E-state index is 12.6. The Balaban J connectivity index is 3.02. The van der Waals surface area contributed by atoms with Crippen LogP contribution in [-0.2, 0) is 24.4 Å². The van der Waals surface area contributed by atoms with E-state index in [9.17, 15) is 48.0 Å². The van der Waals surface area contributed by atoms with E-state index in [1.54, 1.807) is 0 Å². The highest BCUT2D eigenvalue weighted by molar-refractivity contribution is 8.13. The van der Waals surface area contributed by atoms with E-state index in [0.29, 0.717) is 12.8 Å². The molecule has 160 valence electrons. The van der Waals surface area contributed by atoms with Crippen molar-refractivity contribution in [3.05, 3.63) is 4.58 Å². The number of alkyl carbamates (subject to hydrolysis) is 1. The Morgan fingerprint density at radius 1 is 1.04 bits per heavy atom. The first-order chi connectivity index (χ1) is 12.0. The molecule has 27 heavy (non-hydrogen) atoms. The zero-order chi connectivity index (χ0) is 21.3. The molecule has 1 unspecified atom stereocenters. The molecule has 0 aromatic carbocycles. The number of hydrogen-bond donors (Lipinski definition) is 1. The predicted octanol–water partition coefficient (Wildman–Crippen LogP) is 2.79. The molecular formula is C12H16F6NO6S2-. The van der Waals surface area contributed by atoms with E-state index in [1.165, 1.54) is 0 Å². The number of sulfone groups is 2. The van der Waals surface area contributed by atoms with Crippen molar-refractivity contribution in [3.8, 4) is 0 Å². The van der Waals surface area contributed by atoms with Gasteiger partial charge in [0, 0.05) is 6.04 Å². The molecule has 1 amide bonds. The molecule has 15 heteroatoms. The minimum absolute atomic E-state index is 0.300. The topological polar surface area (TPSA) is 107 Å². The van der Waals surface area contributed by atoms with Crippen LogP contribution in [0.3, 0.4) is 0 Å². The van der Waals surface area contributed by atoms with Gasteiger partial charge in [-0.1, -0.05) is 17.4 Å². The lowest BCUT2D eigenvalue weighted by Gasteiger charge is -2.33. The number of nitrogens with one attached hydrogen (secondary N) is 1. The summed E-state index contributed by atoms with van der Waals surface area (Å²) in [5, 5.41) is 2.31. The third kappa shape index (κ3) is 5.62. The van der Waals surface area contributed by atoms with Gasteiger partial charge in [0.15, 0.2) is 0 Å². The normalized spacial score (nSPS) is 18.5. The van der Waals surface area contributed by atoms with Crippen LogP contribution in [0.25, 0.3) is 0 Å². The zero-order valence-electron chi connectivity index (χ0n) is 13.7. The monoisotopic (exact) mass is 448 g/mol. The van der Waals surface area contributed by atoms with Crippen molar-refractivity contribution in [1.82, 2.24) is 5.32 Å². The summed E-state index contributed by atoms with van der Waals surface area (Å²) in [6.45, 7) is 0.770. The third-order valence-corrected chi connectivity index (χ3v) is 7.72. The summed E-state index contributed by atoms with van der Waals surface area (Å²) in [6.07, 6.45) is -2.14. The van der Waals surface area contributed by atoms with Gasteiger partial charge in [0.2, 0.25) is 0 Å². The lowest BCUT2D eigenvalue weighted by Crippen LogP contribution is -2.42. The van der Waals surface area contributed by atoms with Crippen LogP contribution in [-0.4, -0.2) is 46.1 Å². The molecule has 1 rings (SSSR count). The molecule has 0 bridgehead atoms. The second kappa shape index (κ2) is 8.01. The quantitative estimate of drug-likeness (QED) is 0.495. The first kappa shape index (κ1) is 23.8. The maximum atomic E-state index is 12.6. The van der Waals surface area contributed by atoms with Crippen molar-refractivity contribution in [3.63, 3.8) is 0 Å². The Morgan fingerprint density at radius 2 is 1.44 bits per heavy atom. The molecule has 1 atom stereocenters. The van der Waals surface area contributed by atoms with Gasteiger partial charge < -0.3 is 10.1 Å². The van der Waals surface area contributed by atoms with Gasteiger partial charge in [-0.25, -0.2) is 4.79 Å². The third-order valence-electron chi connectivity index (χ3n) is 3.65. The smallest absolute Gasteiger partial charge is 0.449 e. The number of alkyl halides is 6. The summed E-state index contributed by atoms with van der Waals surface area (Å²) in [7, 11) is -13.7. The Hall–Kier alpha value is -1.25. The Morgan fingerprint density at radius 3 is 1.81 bits per heavy atom. The largest absolute Gasteiger partial charge is 0.469 e. The molecule has 1 aliphatic rings. The molecule has 0 heterocycles. The minimum atomic E-state index is -6.84. The van der Waals surface area contributed by atoms with Crippen LogP contribution in [0.1, 0.15) is 39.0 Å². The van der Waals surface area contributed by atoms with E-state index in [2.05, 4.69) is 10.1 Å². The fourth-order valence-electron chi connectivity index (χ4n) is 2.35. The number of hydrogen-bond acceptors (Lipinski definition) is 6. The van der Waals surface area contributed by atoms with E-state index in [4.69, 9.17) is 0 Å². The minimum Gasteiger partial charge on any atom is -0.449 e. The fraction of sp³-hybridized carbons (Fsp3) is 0.833. The van der Waals surface area contributed by atoms with Crippen LogP contribution in [0.4, 0.5) is 31.1 Å². The number of rotatable bonds is 6. The highest BCUT2D eigenvalue weighted by Crippen LogP contribution is 2.43. The standard InChI is InChI=1S/C12H16F6NO6S2/c1-7(25-10(20)19-8-4-2-3-5-8)6-9(26(21,22)11(13,14)15)27(23,24)12(16,17)18/h7-8H,2-6H2,1H3,(H,19,20)/q-1. The zero-order valence-corrected chi connectivity index (χ0v) is 15.4. The van der Waals surface area contributed by atoms with Crippen molar-refractivity contribution in [2.24, 2.45) is 0 Å².